The summed E-state index contributed by atoms with van der Waals surface area (Å²) in [4.78, 5) is 14.3. The summed E-state index contributed by atoms with van der Waals surface area (Å²) in [6, 6.07) is 8.10. The lowest BCUT2D eigenvalue weighted by molar-refractivity contribution is -0.0601. The van der Waals surface area contributed by atoms with Gasteiger partial charge in [-0.15, -0.1) is 10.2 Å². The molecule has 1 saturated carbocycles. The maximum Gasteiger partial charge on any atom is 0.163 e. The van der Waals surface area contributed by atoms with Gasteiger partial charge >= 0.3 is 0 Å². The van der Waals surface area contributed by atoms with Crippen molar-refractivity contribution >= 4 is 16.7 Å². The number of anilines is 1. The van der Waals surface area contributed by atoms with Crippen molar-refractivity contribution in [3.05, 3.63) is 53.9 Å². The van der Waals surface area contributed by atoms with E-state index in [0.29, 0.717) is 25.4 Å². The van der Waals surface area contributed by atoms with Crippen LogP contribution in [0.25, 0.3) is 22.3 Å². The van der Waals surface area contributed by atoms with Crippen molar-refractivity contribution in [1.82, 2.24) is 29.7 Å². The molecule has 0 unspecified atom stereocenters. The molecule has 3 heterocycles. The molecule has 0 saturated heterocycles. The zero-order chi connectivity index (χ0) is 24.4. The summed E-state index contributed by atoms with van der Waals surface area (Å²) in [5.74, 6) is 3.07. The Bertz CT molecular complexity index is 1340. The van der Waals surface area contributed by atoms with Gasteiger partial charge in [0.25, 0.3) is 0 Å². The van der Waals surface area contributed by atoms with Crippen molar-refractivity contribution < 1.29 is 9.47 Å². The monoisotopic (exact) mass is 473 g/mol. The minimum Gasteiger partial charge on any atom is -0.494 e. The molecule has 9 nitrogen and oxygen atoms in total. The van der Waals surface area contributed by atoms with E-state index in [1.807, 2.05) is 55.9 Å². The standard InChI is InChI=1S/C26H31N7O2/c1-5-35-21-12-19(25-32-29-16-33(25)3)8-7-18(21)13-22-27-14-20-11-17(2)30-24(23(20)31-22)28-15-26(34-4)9-6-10-26/h7-8,11-12,14,16H,5-6,9-10,13,15H2,1-4H3,(H,28,30). The molecule has 1 aliphatic rings. The molecule has 5 rings (SSSR count). The van der Waals surface area contributed by atoms with Crippen LogP contribution in [-0.4, -0.2) is 55.6 Å². The molecule has 3 aromatic heterocycles. The molecule has 0 bridgehead atoms. The van der Waals surface area contributed by atoms with Gasteiger partial charge in [-0.25, -0.2) is 15.0 Å². The van der Waals surface area contributed by atoms with Gasteiger partial charge in [-0.1, -0.05) is 12.1 Å². The average Bonchev–Trinajstić information content (AvgIpc) is 3.26. The number of nitrogens with one attached hydrogen (secondary N) is 1. The van der Waals surface area contributed by atoms with E-state index >= 15 is 0 Å². The number of fused-ring (bicyclic) bond motifs is 1. The normalized spacial score (nSPS) is 14.6. The first-order valence-electron chi connectivity index (χ1n) is 12.0. The van der Waals surface area contributed by atoms with Crippen LogP contribution in [-0.2, 0) is 18.2 Å². The molecule has 0 spiro atoms. The summed E-state index contributed by atoms with van der Waals surface area (Å²) in [6.45, 7) is 5.24. The van der Waals surface area contributed by atoms with E-state index in [9.17, 15) is 0 Å². The molecule has 182 valence electrons. The average molecular weight is 474 g/mol. The summed E-state index contributed by atoms with van der Waals surface area (Å²) < 4.78 is 13.6. The fraction of sp³-hybridized carbons (Fsp3) is 0.423. The fourth-order valence-corrected chi connectivity index (χ4v) is 4.53. The number of aryl methyl sites for hydroxylation is 2. The van der Waals surface area contributed by atoms with Crippen molar-refractivity contribution in [1.29, 1.82) is 0 Å². The molecular weight excluding hydrogens is 442 g/mol. The number of rotatable bonds is 9. The van der Waals surface area contributed by atoms with Crippen molar-refractivity contribution in [2.24, 2.45) is 7.05 Å². The smallest absolute Gasteiger partial charge is 0.163 e. The molecule has 4 aromatic rings. The highest BCUT2D eigenvalue weighted by molar-refractivity contribution is 5.88. The number of ether oxygens (including phenoxy) is 2. The Kier molecular flexibility index (Phi) is 6.34. The van der Waals surface area contributed by atoms with E-state index in [1.54, 1.807) is 13.4 Å². The molecular formula is C26H31N7O2. The number of nitrogens with zero attached hydrogens (tertiary/aromatic N) is 6. The van der Waals surface area contributed by atoms with E-state index in [2.05, 4.69) is 20.5 Å². The van der Waals surface area contributed by atoms with Gasteiger partial charge in [0.05, 0.1) is 12.2 Å². The molecule has 0 atom stereocenters. The molecule has 0 amide bonds. The van der Waals surface area contributed by atoms with Crippen molar-refractivity contribution in [2.75, 3.05) is 25.6 Å². The Labute approximate surface area is 204 Å². The minimum absolute atomic E-state index is 0.107. The molecule has 0 radical (unpaired) electrons. The highest BCUT2D eigenvalue weighted by atomic mass is 16.5. The lowest BCUT2D eigenvalue weighted by Gasteiger charge is -2.40. The second-order valence-corrected chi connectivity index (χ2v) is 9.13. The van der Waals surface area contributed by atoms with E-state index in [-0.39, 0.29) is 5.60 Å². The lowest BCUT2D eigenvalue weighted by atomic mass is 9.80. The molecule has 35 heavy (non-hydrogen) atoms. The van der Waals surface area contributed by atoms with Crippen molar-refractivity contribution in [3.63, 3.8) is 0 Å². The van der Waals surface area contributed by atoms with Gasteiger partial charge in [0, 0.05) is 55.5 Å². The van der Waals surface area contributed by atoms with Crippen LogP contribution in [0.5, 0.6) is 5.75 Å². The third kappa shape index (κ3) is 4.68. The number of hydrogen-bond acceptors (Lipinski definition) is 8. The molecule has 1 aromatic carbocycles. The third-order valence-electron chi connectivity index (χ3n) is 6.70. The fourth-order valence-electron chi connectivity index (χ4n) is 4.53. The van der Waals surface area contributed by atoms with Crippen molar-refractivity contribution in [2.45, 2.75) is 45.1 Å². The van der Waals surface area contributed by atoms with Crippen molar-refractivity contribution in [3.8, 4) is 17.1 Å². The van der Waals surface area contributed by atoms with E-state index in [0.717, 1.165) is 58.0 Å². The van der Waals surface area contributed by atoms with Crippen LogP contribution in [0, 0.1) is 6.92 Å². The molecule has 0 aliphatic heterocycles. The maximum absolute atomic E-state index is 5.97. The van der Waals surface area contributed by atoms with Crippen LogP contribution in [0.15, 0.2) is 36.8 Å². The summed E-state index contributed by atoms with van der Waals surface area (Å²) in [5.41, 5.74) is 3.60. The molecule has 9 heteroatoms. The SMILES string of the molecule is CCOc1cc(-c2nncn2C)ccc1Cc1ncc2cc(C)nc(NCC3(OC)CCC3)c2n1. The predicted octanol–water partition coefficient (Wildman–Crippen LogP) is 4.10. The number of pyridine rings is 1. The second-order valence-electron chi connectivity index (χ2n) is 9.13. The number of aromatic nitrogens is 6. The first-order valence-corrected chi connectivity index (χ1v) is 12.0. The summed E-state index contributed by atoms with van der Waals surface area (Å²) in [7, 11) is 3.71. The number of hydrogen-bond donors (Lipinski definition) is 1. The summed E-state index contributed by atoms with van der Waals surface area (Å²) in [6.07, 6.45) is 7.42. The highest BCUT2D eigenvalue weighted by Gasteiger charge is 2.37. The zero-order valence-electron chi connectivity index (χ0n) is 20.7. The maximum atomic E-state index is 5.97. The van der Waals surface area contributed by atoms with Gasteiger partial charge in [-0.05, 0) is 45.2 Å². The van der Waals surface area contributed by atoms with Crippen LogP contribution >= 0.6 is 0 Å². The third-order valence-corrected chi connectivity index (χ3v) is 6.70. The van der Waals surface area contributed by atoms with Gasteiger partial charge in [0.1, 0.15) is 23.4 Å². The van der Waals surface area contributed by atoms with Gasteiger partial charge in [0.15, 0.2) is 11.6 Å². The first-order chi connectivity index (χ1) is 17.0. The predicted molar refractivity (Wildman–Crippen MR) is 135 cm³/mol. The van der Waals surface area contributed by atoms with Gasteiger partial charge in [-0.2, -0.15) is 0 Å². The van der Waals surface area contributed by atoms with E-state index in [1.165, 1.54) is 6.42 Å². The second kappa shape index (κ2) is 9.58. The van der Waals surface area contributed by atoms with Gasteiger partial charge < -0.3 is 19.4 Å². The molecule has 1 N–H and O–H groups in total. The molecule has 1 fully saturated rings. The zero-order valence-corrected chi connectivity index (χ0v) is 20.7. The van der Waals surface area contributed by atoms with E-state index < -0.39 is 0 Å². The number of methoxy groups -OCH3 is 1. The van der Waals surface area contributed by atoms with Gasteiger partial charge in [0.2, 0.25) is 0 Å². The largest absolute Gasteiger partial charge is 0.494 e. The lowest BCUT2D eigenvalue weighted by Crippen LogP contribution is -2.45. The summed E-state index contributed by atoms with van der Waals surface area (Å²) in [5, 5.41) is 12.7. The quantitative estimate of drug-likeness (QED) is 0.388. The Balaban J connectivity index is 1.45. The highest BCUT2D eigenvalue weighted by Crippen LogP contribution is 2.35. The Hall–Kier alpha value is -3.59. The van der Waals surface area contributed by atoms with Crippen LogP contribution in [0.1, 0.15) is 43.3 Å². The molecule has 1 aliphatic carbocycles. The minimum atomic E-state index is -0.107. The Morgan fingerprint density at radius 2 is 2.03 bits per heavy atom. The first kappa shape index (κ1) is 23.2. The Morgan fingerprint density at radius 1 is 1.17 bits per heavy atom. The van der Waals surface area contributed by atoms with Crippen LogP contribution in [0.2, 0.25) is 0 Å². The topological polar surface area (TPSA) is 99.9 Å². The van der Waals surface area contributed by atoms with Gasteiger partial charge in [-0.3, -0.25) is 0 Å². The van der Waals surface area contributed by atoms with Crippen LogP contribution < -0.4 is 10.1 Å². The van der Waals surface area contributed by atoms with Crippen LogP contribution in [0.3, 0.4) is 0 Å². The van der Waals surface area contributed by atoms with E-state index in [4.69, 9.17) is 19.4 Å². The van der Waals surface area contributed by atoms with Crippen LogP contribution in [0.4, 0.5) is 5.82 Å². The Morgan fingerprint density at radius 3 is 2.71 bits per heavy atom. The number of benzene rings is 1. The summed E-state index contributed by atoms with van der Waals surface area (Å²) >= 11 is 0.